The number of carbonyl (C=O) groups is 2. The van der Waals surface area contributed by atoms with Crippen LogP contribution in [0.25, 0.3) is 9.88 Å². The molecule has 22 heavy (non-hydrogen) atoms. The highest BCUT2D eigenvalue weighted by molar-refractivity contribution is 7.20. The van der Waals surface area contributed by atoms with Crippen molar-refractivity contribution in [1.29, 1.82) is 0 Å². The number of hydrazine groups is 1. The minimum atomic E-state index is -0.441. The Bertz CT molecular complexity index is 782. The molecule has 3 aromatic rings. The molecule has 1 aromatic carbocycles. The number of nitrogens with one attached hydrogen (secondary N) is 2. The zero-order valence-electron chi connectivity index (χ0n) is 11.3. The summed E-state index contributed by atoms with van der Waals surface area (Å²) in [5.74, 6) is -0.814. The van der Waals surface area contributed by atoms with Crippen LogP contribution in [0.15, 0.2) is 53.2 Å². The first kappa shape index (κ1) is 14.4. The van der Waals surface area contributed by atoms with Gasteiger partial charge < -0.3 is 0 Å². The largest absolute Gasteiger partial charge is 0.289 e. The lowest BCUT2D eigenvalue weighted by Gasteiger charge is -2.05. The second-order valence-corrected chi connectivity index (χ2v) is 6.10. The Balaban J connectivity index is 1.62. The average Bonchev–Trinajstić information content (AvgIpc) is 3.23. The predicted octanol–water partition coefficient (Wildman–Crippen LogP) is 2.95. The molecule has 0 atom stereocenters. The topological polar surface area (TPSA) is 71.1 Å². The van der Waals surface area contributed by atoms with Crippen LogP contribution >= 0.6 is 22.7 Å². The number of benzene rings is 1. The summed E-state index contributed by atoms with van der Waals surface area (Å²) in [5.41, 5.74) is 5.49. The van der Waals surface area contributed by atoms with Crippen molar-refractivity contribution < 1.29 is 9.59 Å². The lowest BCUT2D eigenvalue weighted by molar-refractivity contribution is 0.0844. The van der Waals surface area contributed by atoms with E-state index < -0.39 is 5.91 Å². The third-order valence-electron chi connectivity index (χ3n) is 2.79. The number of hydrogen-bond donors (Lipinski definition) is 2. The maximum atomic E-state index is 12.0. The number of thiophene rings is 1. The van der Waals surface area contributed by atoms with Gasteiger partial charge in [0.25, 0.3) is 11.8 Å². The second kappa shape index (κ2) is 6.50. The van der Waals surface area contributed by atoms with Gasteiger partial charge in [-0.25, -0.2) is 4.98 Å². The summed E-state index contributed by atoms with van der Waals surface area (Å²) in [5, 5.41) is 4.41. The summed E-state index contributed by atoms with van der Waals surface area (Å²) in [6.07, 6.45) is 0. The van der Waals surface area contributed by atoms with Gasteiger partial charge in [0, 0.05) is 10.9 Å². The van der Waals surface area contributed by atoms with E-state index in [-0.39, 0.29) is 11.6 Å². The van der Waals surface area contributed by atoms with Crippen LogP contribution in [0.1, 0.15) is 20.8 Å². The number of hydrogen-bond acceptors (Lipinski definition) is 5. The molecule has 5 nitrogen and oxygen atoms in total. The van der Waals surface area contributed by atoms with Gasteiger partial charge in [0.05, 0.1) is 4.88 Å². The Hall–Kier alpha value is -2.51. The fraction of sp³-hybridized carbons (Fsp3) is 0. The fourth-order valence-corrected chi connectivity index (χ4v) is 3.34. The van der Waals surface area contributed by atoms with Gasteiger partial charge in [-0.2, -0.15) is 0 Å². The van der Waals surface area contributed by atoms with Crippen LogP contribution in [0, 0.1) is 0 Å². The Kier molecular flexibility index (Phi) is 4.27. The Morgan fingerprint density at radius 2 is 1.68 bits per heavy atom. The van der Waals surface area contributed by atoms with E-state index in [9.17, 15) is 9.59 Å². The molecule has 0 fully saturated rings. The molecule has 7 heteroatoms. The van der Waals surface area contributed by atoms with Gasteiger partial charge in [-0.15, -0.1) is 22.7 Å². The summed E-state index contributed by atoms with van der Waals surface area (Å²) >= 11 is 2.96. The lowest BCUT2D eigenvalue weighted by Crippen LogP contribution is -2.41. The molecule has 0 aliphatic heterocycles. The molecule has 2 aromatic heterocycles. The molecule has 0 radical (unpaired) electrons. The molecule has 2 N–H and O–H groups in total. The van der Waals surface area contributed by atoms with Gasteiger partial charge in [0.2, 0.25) is 0 Å². The molecule has 110 valence electrons. The van der Waals surface area contributed by atoms with E-state index in [0.29, 0.717) is 5.56 Å². The maximum absolute atomic E-state index is 12.0. The maximum Gasteiger partial charge on any atom is 0.289 e. The van der Waals surface area contributed by atoms with Gasteiger partial charge in [0.1, 0.15) is 10.7 Å². The number of amides is 2. The number of thiazole rings is 1. The Morgan fingerprint density at radius 3 is 2.41 bits per heavy atom. The molecule has 0 bridgehead atoms. The average molecular weight is 329 g/mol. The fourth-order valence-electron chi connectivity index (χ4n) is 1.73. The molecule has 0 spiro atoms. The van der Waals surface area contributed by atoms with Crippen molar-refractivity contribution in [2.24, 2.45) is 0 Å². The van der Waals surface area contributed by atoms with E-state index in [1.54, 1.807) is 41.0 Å². The molecule has 0 aliphatic carbocycles. The third-order valence-corrected chi connectivity index (χ3v) is 4.68. The van der Waals surface area contributed by atoms with Crippen molar-refractivity contribution in [3.8, 4) is 9.88 Å². The van der Waals surface area contributed by atoms with E-state index >= 15 is 0 Å². The third kappa shape index (κ3) is 3.21. The molecule has 0 aliphatic rings. The van der Waals surface area contributed by atoms with Gasteiger partial charge >= 0.3 is 0 Å². The number of nitrogens with zero attached hydrogens (tertiary/aromatic N) is 1. The van der Waals surface area contributed by atoms with E-state index in [2.05, 4.69) is 15.8 Å². The van der Waals surface area contributed by atoms with Gasteiger partial charge in [-0.05, 0) is 23.6 Å². The molecular weight excluding hydrogens is 318 g/mol. The lowest BCUT2D eigenvalue weighted by atomic mass is 10.2. The first-order valence-electron chi connectivity index (χ1n) is 6.39. The highest BCUT2D eigenvalue weighted by Crippen LogP contribution is 2.27. The molecule has 3 rings (SSSR count). The molecular formula is C15H11N3O2S2. The predicted molar refractivity (Wildman–Crippen MR) is 86.8 cm³/mol. The minimum Gasteiger partial charge on any atom is -0.267 e. The zero-order valence-corrected chi connectivity index (χ0v) is 12.9. The zero-order chi connectivity index (χ0) is 15.4. The second-order valence-electron chi connectivity index (χ2n) is 4.29. The van der Waals surface area contributed by atoms with E-state index in [1.165, 1.54) is 11.3 Å². The van der Waals surface area contributed by atoms with Crippen molar-refractivity contribution in [2.75, 3.05) is 0 Å². The quantitative estimate of drug-likeness (QED) is 0.726. The van der Waals surface area contributed by atoms with Gasteiger partial charge in [-0.3, -0.25) is 20.4 Å². The van der Waals surface area contributed by atoms with Crippen molar-refractivity contribution in [3.05, 3.63) is 64.5 Å². The van der Waals surface area contributed by atoms with Gasteiger partial charge in [0.15, 0.2) is 0 Å². The van der Waals surface area contributed by atoms with Crippen molar-refractivity contribution >= 4 is 34.5 Å². The van der Waals surface area contributed by atoms with Crippen LogP contribution in [0.2, 0.25) is 0 Å². The molecule has 0 saturated heterocycles. The van der Waals surface area contributed by atoms with E-state index in [1.807, 2.05) is 23.6 Å². The van der Waals surface area contributed by atoms with Crippen LogP contribution in [0.5, 0.6) is 0 Å². The molecule has 2 amide bonds. The standard InChI is InChI=1S/C15H11N3O2S2/c19-13(10-5-2-1-3-6-10)17-18-14(20)11-9-22-15(16-11)12-7-4-8-21-12/h1-9H,(H,17,19)(H,18,20). The van der Waals surface area contributed by atoms with Crippen molar-refractivity contribution in [2.45, 2.75) is 0 Å². The van der Waals surface area contributed by atoms with Crippen LogP contribution in [0.3, 0.4) is 0 Å². The van der Waals surface area contributed by atoms with Gasteiger partial charge in [-0.1, -0.05) is 24.3 Å². The minimum absolute atomic E-state index is 0.279. The number of rotatable bonds is 3. The monoisotopic (exact) mass is 329 g/mol. The smallest absolute Gasteiger partial charge is 0.267 e. The summed E-state index contributed by atoms with van der Waals surface area (Å²) in [6, 6.07) is 12.5. The summed E-state index contributed by atoms with van der Waals surface area (Å²) in [4.78, 5) is 29.1. The highest BCUT2D eigenvalue weighted by Gasteiger charge is 2.13. The van der Waals surface area contributed by atoms with Crippen molar-refractivity contribution in [3.63, 3.8) is 0 Å². The Labute approximate surface area is 134 Å². The van der Waals surface area contributed by atoms with Crippen LogP contribution < -0.4 is 10.9 Å². The SMILES string of the molecule is O=C(NNC(=O)c1csc(-c2cccs2)n1)c1ccccc1. The number of carbonyl (C=O) groups excluding carboxylic acids is 2. The van der Waals surface area contributed by atoms with Crippen LogP contribution in [0.4, 0.5) is 0 Å². The number of aromatic nitrogens is 1. The summed E-state index contributed by atoms with van der Waals surface area (Å²) in [6.45, 7) is 0. The Morgan fingerprint density at radius 1 is 0.909 bits per heavy atom. The molecule has 0 saturated carbocycles. The summed E-state index contributed by atoms with van der Waals surface area (Å²) < 4.78 is 0. The van der Waals surface area contributed by atoms with Crippen LogP contribution in [-0.2, 0) is 0 Å². The molecule has 2 heterocycles. The first-order valence-corrected chi connectivity index (χ1v) is 8.15. The van der Waals surface area contributed by atoms with E-state index in [4.69, 9.17) is 0 Å². The highest BCUT2D eigenvalue weighted by atomic mass is 32.1. The molecule has 0 unspecified atom stereocenters. The van der Waals surface area contributed by atoms with Crippen molar-refractivity contribution in [1.82, 2.24) is 15.8 Å². The summed E-state index contributed by atoms with van der Waals surface area (Å²) in [7, 11) is 0. The van der Waals surface area contributed by atoms with E-state index in [0.717, 1.165) is 9.88 Å². The normalized spacial score (nSPS) is 10.2. The first-order chi connectivity index (χ1) is 10.7. The van der Waals surface area contributed by atoms with Crippen LogP contribution in [-0.4, -0.2) is 16.8 Å².